The number of benzene rings is 2. The van der Waals surface area contributed by atoms with Crippen LogP contribution in [0.2, 0.25) is 0 Å². The highest BCUT2D eigenvalue weighted by atomic mass is 35.5. The van der Waals surface area contributed by atoms with Crippen LogP contribution in [0.3, 0.4) is 0 Å². The number of nitrogens with one attached hydrogen (secondary N) is 2. The summed E-state index contributed by atoms with van der Waals surface area (Å²) in [6.07, 6.45) is 0.315. The quantitative estimate of drug-likeness (QED) is 0.449. The summed E-state index contributed by atoms with van der Waals surface area (Å²) in [5.41, 5.74) is 2.91. The Hall–Kier alpha value is -3.03. The Labute approximate surface area is 201 Å². The van der Waals surface area contributed by atoms with Gasteiger partial charge < -0.3 is 25.2 Å². The van der Waals surface area contributed by atoms with Crippen LogP contribution in [0.1, 0.15) is 27.2 Å². The molecular weight excluding hydrogens is 440 g/mol. The maximum Gasteiger partial charge on any atom is 0.263 e. The van der Waals surface area contributed by atoms with Gasteiger partial charge in [-0.25, -0.2) is 0 Å². The van der Waals surface area contributed by atoms with E-state index < -0.39 is 0 Å². The molecule has 176 valence electrons. The van der Waals surface area contributed by atoms with Gasteiger partial charge in [-0.3, -0.25) is 9.59 Å². The minimum atomic E-state index is -0.379. The van der Waals surface area contributed by atoms with Gasteiger partial charge in [0.1, 0.15) is 23.8 Å². The lowest BCUT2D eigenvalue weighted by Crippen LogP contribution is -2.40. The molecule has 2 aromatic carbocycles. The lowest BCUT2D eigenvalue weighted by molar-refractivity contribution is -0.120. The van der Waals surface area contributed by atoms with Crippen molar-refractivity contribution >= 4 is 41.2 Å². The van der Waals surface area contributed by atoms with Gasteiger partial charge in [0, 0.05) is 37.8 Å². The Morgan fingerprint density at radius 1 is 1.09 bits per heavy atom. The van der Waals surface area contributed by atoms with Crippen LogP contribution in [0.25, 0.3) is 0 Å². The van der Waals surface area contributed by atoms with Crippen LogP contribution >= 0.6 is 12.4 Å². The molecular formula is C25H31ClN4O3. The third-order valence-corrected chi connectivity index (χ3v) is 5.62. The van der Waals surface area contributed by atoms with Gasteiger partial charge in [0.25, 0.3) is 5.91 Å². The van der Waals surface area contributed by atoms with E-state index in [0.29, 0.717) is 43.7 Å². The fraction of sp³-hybridized carbons (Fsp3) is 0.360. The first-order valence-electron chi connectivity index (χ1n) is 11.2. The van der Waals surface area contributed by atoms with Crippen LogP contribution in [-0.2, 0) is 9.59 Å². The standard InChI is InChI=1S/C25H30N4O3.ClH/c1-4-28-20-7-5-6-8-21(20)29-15-13-22(30)23(25(28)29)24(31)27-18-9-11-19(12-10-18)32-16-14-26-17(2)3;/h5-12,17,26H,4,13-16H2,1-3H3,(H,27,31);1H. The Morgan fingerprint density at radius 2 is 1.79 bits per heavy atom. The van der Waals surface area contributed by atoms with E-state index in [1.54, 1.807) is 12.1 Å². The van der Waals surface area contributed by atoms with E-state index in [4.69, 9.17) is 4.74 Å². The van der Waals surface area contributed by atoms with Crippen molar-refractivity contribution < 1.29 is 14.3 Å². The molecule has 0 saturated carbocycles. The zero-order valence-corrected chi connectivity index (χ0v) is 20.1. The first-order valence-corrected chi connectivity index (χ1v) is 11.2. The molecule has 0 spiro atoms. The fourth-order valence-corrected chi connectivity index (χ4v) is 4.15. The number of carbonyl (C=O) groups excluding carboxylic acids is 2. The number of nitrogens with zero attached hydrogens (tertiary/aromatic N) is 2. The number of Topliss-reactive ketones (excluding diaryl/α,β-unsaturated/α-hetero) is 1. The summed E-state index contributed by atoms with van der Waals surface area (Å²) in [6, 6.07) is 15.7. The van der Waals surface area contributed by atoms with E-state index in [9.17, 15) is 9.59 Å². The number of amides is 1. The van der Waals surface area contributed by atoms with Crippen molar-refractivity contribution in [2.75, 3.05) is 41.4 Å². The van der Waals surface area contributed by atoms with Crippen LogP contribution in [0.5, 0.6) is 5.75 Å². The van der Waals surface area contributed by atoms with Gasteiger partial charge in [-0.15, -0.1) is 12.4 Å². The zero-order chi connectivity index (χ0) is 22.7. The Balaban J connectivity index is 0.00000306. The molecule has 8 heteroatoms. The molecule has 0 saturated heterocycles. The Kier molecular flexibility index (Phi) is 8.00. The summed E-state index contributed by atoms with van der Waals surface area (Å²) in [6.45, 7) is 8.79. The van der Waals surface area contributed by atoms with Crippen LogP contribution < -0.4 is 25.2 Å². The molecule has 1 amide bonds. The Morgan fingerprint density at radius 3 is 2.45 bits per heavy atom. The molecule has 2 N–H and O–H groups in total. The van der Waals surface area contributed by atoms with Gasteiger partial charge in [0.15, 0.2) is 5.78 Å². The minimum Gasteiger partial charge on any atom is -0.492 e. The number of carbonyl (C=O) groups is 2. The van der Waals surface area contributed by atoms with Crippen molar-refractivity contribution in [2.45, 2.75) is 33.2 Å². The van der Waals surface area contributed by atoms with Gasteiger partial charge in [-0.1, -0.05) is 26.0 Å². The first-order chi connectivity index (χ1) is 15.5. The molecule has 2 aromatic rings. The molecule has 0 aromatic heterocycles. The summed E-state index contributed by atoms with van der Waals surface area (Å²) >= 11 is 0. The lowest BCUT2D eigenvalue weighted by Gasteiger charge is -2.30. The number of halogens is 1. The van der Waals surface area contributed by atoms with Gasteiger partial charge in [0.2, 0.25) is 0 Å². The number of fused-ring (bicyclic) bond motifs is 3. The van der Waals surface area contributed by atoms with E-state index >= 15 is 0 Å². The molecule has 4 rings (SSSR count). The normalized spacial score (nSPS) is 14.7. The van der Waals surface area contributed by atoms with E-state index in [1.165, 1.54) is 0 Å². The summed E-state index contributed by atoms with van der Waals surface area (Å²) in [4.78, 5) is 30.2. The number of para-hydroxylation sites is 2. The Bertz CT molecular complexity index is 1020. The van der Waals surface area contributed by atoms with Crippen molar-refractivity contribution in [3.05, 3.63) is 59.9 Å². The largest absolute Gasteiger partial charge is 0.492 e. The van der Waals surface area contributed by atoms with Gasteiger partial charge in [0.05, 0.1) is 11.4 Å². The highest BCUT2D eigenvalue weighted by Gasteiger charge is 2.40. The number of ether oxygens (including phenoxy) is 1. The minimum absolute atomic E-state index is 0. The SMILES string of the molecule is CCN1C2=C(C(=O)Nc3ccc(OCCNC(C)C)cc3)C(=O)CCN2c2ccccc21.Cl. The number of hydrogen-bond donors (Lipinski definition) is 2. The smallest absolute Gasteiger partial charge is 0.263 e. The van der Waals surface area contributed by atoms with Crippen LogP contribution in [0.15, 0.2) is 59.9 Å². The molecule has 0 atom stereocenters. The van der Waals surface area contributed by atoms with E-state index in [2.05, 4.69) is 29.4 Å². The molecule has 0 radical (unpaired) electrons. The number of anilines is 3. The van der Waals surface area contributed by atoms with Gasteiger partial charge >= 0.3 is 0 Å². The highest BCUT2D eigenvalue weighted by molar-refractivity contribution is 6.25. The molecule has 0 unspecified atom stereocenters. The second-order valence-electron chi connectivity index (χ2n) is 8.19. The van der Waals surface area contributed by atoms with Crippen molar-refractivity contribution in [3.63, 3.8) is 0 Å². The van der Waals surface area contributed by atoms with Gasteiger partial charge in [-0.2, -0.15) is 0 Å². The predicted molar refractivity (Wildman–Crippen MR) is 134 cm³/mol. The fourth-order valence-electron chi connectivity index (χ4n) is 4.15. The molecule has 2 aliphatic heterocycles. The second kappa shape index (κ2) is 10.7. The molecule has 2 aliphatic rings. The van der Waals surface area contributed by atoms with Crippen molar-refractivity contribution in [1.29, 1.82) is 0 Å². The summed E-state index contributed by atoms with van der Waals surface area (Å²) in [5.74, 6) is 0.910. The topological polar surface area (TPSA) is 73.9 Å². The maximum atomic E-state index is 13.2. The van der Waals surface area contributed by atoms with E-state index in [0.717, 1.165) is 23.7 Å². The van der Waals surface area contributed by atoms with E-state index in [1.807, 2.05) is 48.2 Å². The summed E-state index contributed by atoms with van der Waals surface area (Å²) in [7, 11) is 0. The van der Waals surface area contributed by atoms with Crippen LogP contribution in [0, 0.1) is 0 Å². The third-order valence-electron chi connectivity index (χ3n) is 5.62. The monoisotopic (exact) mass is 470 g/mol. The molecule has 33 heavy (non-hydrogen) atoms. The zero-order valence-electron chi connectivity index (χ0n) is 19.3. The lowest BCUT2D eigenvalue weighted by atomic mass is 10.0. The average molecular weight is 471 g/mol. The molecule has 0 aliphatic carbocycles. The number of ketones is 1. The van der Waals surface area contributed by atoms with Crippen LogP contribution in [-0.4, -0.2) is 44.0 Å². The van der Waals surface area contributed by atoms with Crippen molar-refractivity contribution in [1.82, 2.24) is 5.32 Å². The molecule has 7 nitrogen and oxygen atoms in total. The van der Waals surface area contributed by atoms with Crippen molar-refractivity contribution in [3.8, 4) is 5.75 Å². The highest BCUT2D eigenvalue weighted by Crippen LogP contribution is 2.44. The predicted octanol–water partition coefficient (Wildman–Crippen LogP) is 3.95. The molecule has 0 bridgehead atoms. The molecule has 2 heterocycles. The van der Waals surface area contributed by atoms with Gasteiger partial charge in [-0.05, 0) is 43.3 Å². The summed E-state index contributed by atoms with van der Waals surface area (Å²) < 4.78 is 5.72. The number of rotatable bonds is 8. The number of hydrogen-bond acceptors (Lipinski definition) is 6. The molecule has 0 fully saturated rings. The third kappa shape index (κ3) is 5.15. The van der Waals surface area contributed by atoms with Crippen molar-refractivity contribution in [2.24, 2.45) is 0 Å². The average Bonchev–Trinajstić information content (AvgIpc) is 3.11. The van der Waals surface area contributed by atoms with E-state index in [-0.39, 0.29) is 29.7 Å². The first kappa shape index (κ1) is 24.6. The second-order valence-corrected chi connectivity index (χ2v) is 8.19. The van der Waals surface area contributed by atoms with Crippen LogP contribution in [0.4, 0.5) is 17.1 Å². The summed E-state index contributed by atoms with van der Waals surface area (Å²) in [5, 5.41) is 6.20. The maximum absolute atomic E-state index is 13.2.